The Labute approximate surface area is 110 Å². The van der Waals surface area contributed by atoms with Crippen LogP contribution in [-0.4, -0.2) is 12.6 Å². The van der Waals surface area contributed by atoms with Crippen molar-refractivity contribution in [1.82, 2.24) is 0 Å². The summed E-state index contributed by atoms with van der Waals surface area (Å²) in [6, 6.07) is 5.16. The molecule has 0 aliphatic carbocycles. The number of nitriles is 1. The molecule has 0 saturated carbocycles. The molecule has 0 unspecified atom stereocenters. The molecule has 17 heavy (non-hydrogen) atoms. The monoisotopic (exact) mass is 271 g/mol. The normalized spacial score (nSPS) is 9.76. The molecule has 0 radical (unpaired) electrons. The van der Waals surface area contributed by atoms with Crippen LogP contribution in [0.1, 0.15) is 23.6 Å². The molecule has 0 aliphatic rings. The summed E-state index contributed by atoms with van der Waals surface area (Å²) in [6.45, 7) is 2.07. The van der Waals surface area contributed by atoms with Crippen molar-refractivity contribution < 1.29 is 9.53 Å². The minimum atomic E-state index is -0.343. The Morgan fingerprint density at radius 3 is 2.71 bits per heavy atom. The third-order valence-electron chi connectivity index (χ3n) is 2.19. The molecule has 1 rings (SSSR count). The van der Waals surface area contributed by atoms with Crippen molar-refractivity contribution in [3.63, 3.8) is 0 Å². The van der Waals surface area contributed by atoms with Crippen LogP contribution in [0.25, 0.3) is 0 Å². The number of halogens is 2. The molecule has 0 atom stereocenters. The number of nitrogens with zero attached hydrogens (tertiary/aromatic N) is 1. The Bertz CT molecular complexity index is 466. The zero-order valence-corrected chi connectivity index (χ0v) is 10.8. The Balaban J connectivity index is 3.05. The van der Waals surface area contributed by atoms with E-state index in [1.54, 1.807) is 19.1 Å². The third kappa shape index (κ3) is 3.62. The number of ether oxygens (including phenoxy) is 1. The molecular weight excluding hydrogens is 261 g/mol. The van der Waals surface area contributed by atoms with Crippen molar-refractivity contribution in [3.8, 4) is 6.07 Å². The fourth-order valence-corrected chi connectivity index (χ4v) is 1.88. The second-order valence-corrected chi connectivity index (χ2v) is 4.00. The van der Waals surface area contributed by atoms with Gasteiger partial charge < -0.3 is 4.74 Å². The minimum absolute atomic E-state index is 0.0990. The first-order chi connectivity index (χ1) is 8.12. The van der Waals surface area contributed by atoms with Crippen LogP contribution in [0.2, 0.25) is 5.02 Å². The fourth-order valence-electron chi connectivity index (χ4n) is 1.40. The minimum Gasteiger partial charge on any atom is -0.466 e. The van der Waals surface area contributed by atoms with E-state index in [0.717, 1.165) is 5.56 Å². The van der Waals surface area contributed by atoms with Crippen LogP contribution in [0.5, 0.6) is 0 Å². The van der Waals surface area contributed by atoms with E-state index in [1.165, 1.54) is 0 Å². The van der Waals surface area contributed by atoms with E-state index in [4.69, 9.17) is 33.2 Å². The van der Waals surface area contributed by atoms with E-state index in [2.05, 4.69) is 0 Å². The van der Waals surface area contributed by atoms with Gasteiger partial charge in [-0.3, -0.25) is 4.79 Å². The van der Waals surface area contributed by atoms with Gasteiger partial charge in [-0.05, 0) is 30.2 Å². The number of esters is 1. The van der Waals surface area contributed by atoms with Gasteiger partial charge in [0.05, 0.1) is 23.6 Å². The van der Waals surface area contributed by atoms with Gasteiger partial charge in [0, 0.05) is 5.88 Å². The average Bonchev–Trinajstić information content (AvgIpc) is 2.31. The molecule has 0 amide bonds. The van der Waals surface area contributed by atoms with Crippen molar-refractivity contribution in [2.45, 2.75) is 19.2 Å². The van der Waals surface area contributed by atoms with Gasteiger partial charge >= 0.3 is 5.97 Å². The number of alkyl halides is 1. The Hall–Kier alpha value is -1.24. The van der Waals surface area contributed by atoms with Crippen molar-refractivity contribution in [3.05, 3.63) is 33.8 Å². The van der Waals surface area contributed by atoms with Crippen LogP contribution >= 0.6 is 23.2 Å². The summed E-state index contributed by atoms with van der Waals surface area (Å²) in [5, 5.41) is 9.20. The number of hydrogen-bond acceptors (Lipinski definition) is 3. The summed E-state index contributed by atoms with van der Waals surface area (Å²) < 4.78 is 4.85. The highest BCUT2D eigenvalue weighted by molar-refractivity contribution is 6.32. The standard InChI is InChI=1S/C12H11Cl2NO2/c1-2-17-12(16)5-8-3-10(7-15)11(14)4-9(8)6-13/h3-4H,2,5-6H2,1H3. The number of rotatable bonds is 4. The maximum Gasteiger partial charge on any atom is 0.310 e. The van der Waals surface area contributed by atoms with E-state index in [1.807, 2.05) is 6.07 Å². The van der Waals surface area contributed by atoms with Gasteiger partial charge in [0.1, 0.15) is 6.07 Å². The van der Waals surface area contributed by atoms with E-state index in [9.17, 15) is 4.79 Å². The molecule has 3 nitrogen and oxygen atoms in total. The summed E-state index contributed by atoms with van der Waals surface area (Å²) in [4.78, 5) is 11.4. The van der Waals surface area contributed by atoms with E-state index < -0.39 is 0 Å². The molecule has 0 heterocycles. The molecule has 0 spiro atoms. The number of carbonyl (C=O) groups excluding carboxylic acids is 1. The smallest absolute Gasteiger partial charge is 0.310 e. The highest BCUT2D eigenvalue weighted by Gasteiger charge is 2.12. The summed E-state index contributed by atoms with van der Waals surface area (Å²) in [6.07, 6.45) is 0.0990. The van der Waals surface area contributed by atoms with Crippen LogP contribution in [0.15, 0.2) is 12.1 Å². The van der Waals surface area contributed by atoms with Crippen molar-refractivity contribution in [2.24, 2.45) is 0 Å². The number of carbonyl (C=O) groups is 1. The summed E-state index contributed by atoms with van der Waals surface area (Å²) in [5.41, 5.74) is 1.75. The fraction of sp³-hybridized carbons (Fsp3) is 0.333. The largest absolute Gasteiger partial charge is 0.466 e. The van der Waals surface area contributed by atoms with Gasteiger partial charge in [0.2, 0.25) is 0 Å². The molecule has 0 fully saturated rings. The lowest BCUT2D eigenvalue weighted by atomic mass is 10.0. The first-order valence-corrected chi connectivity index (χ1v) is 5.96. The molecule has 1 aromatic rings. The molecule has 0 N–H and O–H groups in total. The van der Waals surface area contributed by atoms with Crippen molar-refractivity contribution in [1.29, 1.82) is 5.26 Å². The van der Waals surface area contributed by atoms with E-state index in [-0.39, 0.29) is 18.3 Å². The highest BCUT2D eigenvalue weighted by atomic mass is 35.5. The molecule has 5 heteroatoms. The second-order valence-electron chi connectivity index (χ2n) is 3.33. The van der Waals surface area contributed by atoms with E-state index in [0.29, 0.717) is 22.8 Å². The summed E-state index contributed by atoms with van der Waals surface area (Å²) in [7, 11) is 0. The lowest BCUT2D eigenvalue weighted by Crippen LogP contribution is -2.09. The average molecular weight is 272 g/mol. The molecule has 0 aromatic heterocycles. The first-order valence-electron chi connectivity index (χ1n) is 5.05. The molecule has 90 valence electrons. The highest BCUT2D eigenvalue weighted by Crippen LogP contribution is 2.23. The maximum absolute atomic E-state index is 11.4. The number of hydrogen-bond donors (Lipinski definition) is 0. The number of benzene rings is 1. The van der Waals surface area contributed by atoms with Gasteiger partial charge in [-0.2, -0.15) is 5.26 Å². The predicted molar refractivity (Wildman–Crippen MR) is 66.1 cm³/mol. The first kappa shape index (κ1) is 13.8. The van der Waals surface area contributed by atoms with Gasteiger partial charge in [-0.15, -0.1) is 11.6 Å². The second kappa shape index (κ2) is 6.48. The maximum atomic E-state index is 11.4. The Kier molecular flexibility index (Phi) is 5.27. The van der Waals surface area contributed by atoms with Crippen LogP contribution in [-0.2, 0) is 21.8 Å². The van der Waals surface area contributed by atoms with Crippen LogP contribution < -0.4 is 0 Å². The molecule has 1 aromatic carbocycles. The predicted octanol–water partition coefficient (Wildman–Crippen LogP) is 3.06. The van der Waals surface area contributed by atoms with Crippen molar-refractivity contribution >= 4 is 29.2 Å². The molecule has 0 saturated heterocycles. The summed E-state index contributed by atoms with van der Waals surface area (Å²) in [5.74, 6) is -0.106. The van der Waals surface area contributed by atoms with Gasteiger partial charge in [0.15, 0.2) is 0 Å². The lowest BCUT2D eigenvalue weighted by molar-refractivity contribution is -0.142. The van der Waals surface area contributed by atoms with Crippen LogP contribution in [0.4, 0.5) is 0 Å². The van der Waals surface area contributed by atoms with Gasteiger partial charge in [-0.1, -0.05) is 11.6 Å². The Morgan fingerprint density at radius 1 is 1.47 bits per heavy atom. The van der Waals surface area contributed by atoms with Gasteiger partial charge in [0.25, 0.3) is 0 Å². The SMILES string of the molecule is CCOC(=O)Cc1cc(C#N)c(Cl)cc1CCl. The molecule has 0 bridgehead atoms. The Morgan fingerprint density at radius 2 is 2.18 bits per heavy atom. The zero-order valence-electron chi connectivity index (χ0n) is 9.30. The van der Waals surface area contributed by atoms with Gasteiger partial charge in [-0.25, -0.2) is 0 Å². The lowest BCUT2D eigenvalue weighted by Gasteiger charge is -2.08. The molecule has 0 aliphatic heterocycles. The van der Waals surface area contributed by atoms with E-state index >= 15 is 0 Å². The quantitative estimate of drug-likeness (QED) is 0.625. The van der Waals surface area contributed by atoms with Crippen LogP contribution in [0.3, 0.4) is 0 Å². The topological polar surface area (TPSA) is 50.1 Å². The zero-order chi connectivity index (χ0) is 12.8. The van der Waals surface area contributed by atoms with Crippen molar-refractivity contribution in [2.75, 3.05) is 6.61 Å². The third-order valence-corrected chi connectivity index (χ3v) is 2.79. The van der Waals surface area contributed by atoms with Crippen LogP contribution in [0, 0.1) is 11.3 Å². The summed E-state index contributed by atoms with van der Waals surface area (Å²) >= 11 is 11.6. The molecular formula is C12H11Cl2NO2.